The molecule has 0 aliphatic carbocycles. The number of nitrogens with zero attached hydrogens (tertiary/aromatic N) is 2. The van der Waals surface area contributed by atoms with Crippen LogP contribution in [0.3, 0.4) is 0 Å². The van der Waals surface area contributed by atoms with Gasteiger partial charge < -0.3 is 24.7 Å². The van der Waals surface area contributed by atoms with Crippen molar-refractivity contribution < 1.29 is 28.7 Å². The lowest BCUT2D eigenvalue weighted by atomic mass is 9.83. The molecule has 2 aromatic carbocycles. The van der Waals surface area contributed by atoms with Gasteiger partial charge in [0.15, 0.2) is 5.60 Å². The van der Waals surface area contributed by atoms with Crippen molar-refractivity contribution in [3.8, 4) is 11.3 Å². The summed E-state index contributed by atoms with van der Waals surface area (Å²) in [4.78, 5) is 61.0. The Hall–Kier alpha value is -4.58. The minimum atomic E-state index is -1.01. The average Bonchev–Trinajstić information content (AvgIpc) is 3.47. The van der Waals surface area contributed by atoms with Crippen LogP contribution in [0.25, 0.3) is 11.3 Å². The van der Waals surface area contributed by atoms with Crippen LogP contribution in [0.2, 0.25) is 5.02 Å². The highest BCUT2D eigenvalue weighted by Crippen LogP contribution is 2.44. The number of hydrogen-bond donors (Lipinski definition) is 4. The largest absolute Gasteiger partial charge is 0.453 e. The minimum Gasteiger partial charge on any atom is -0.453 e. The lowest BCUT2D eigenvalue weighted by Crippen LogP contribution is -2.54. The van der Waals surface area contributed by atoms with E-state index in [1.165, 1.54) is 7.11 Å². The first-order valence-electron chi connectivity index (χ1n) is 14.2. The zero-order valence-corrected chi connectivity index (χ0v) is 24.3. The monoisotopic (exact) mass is 606 g/mol. The fraction of sp³-hybridized carbons (Fsp3) is 0.367. The molecule has 1 saturated heterocycles. The number of hydrogen-bond acceptors (Lipinski definition) is 7. The Balaban J connectivity index is 1.31. The van der Waals surface area contributed by atoms with Gasteiger partial charge in [0, 0.05) is 41.0 Å². The maximum absolute atomic E-state index is 14.2. The molecule has 2 bridgehead atoms. The molecule has 4 amide bonds. The molecule has 6 rings (SSSR count). The van der Waals surface area contributed by atoms with Crippen molar-refractivity contribution in [1.29, 1.82) is 0 Å². The number of ether oxygens (including phenoxy) is 2. The second-order valence-electron chi connectivity index (χ2n) is 11.0. The highest BCUT2D eigenvalue weighted by molar-refractivity contribution is 6.30. The van der Waals surface area contributed by atoms with Crippen molar-refractivity contribution >= 4 is 52.7 Å². The van der Waals surface area contributed by atoms with Gasteiger partial charge in [-0.2, -0.15) is 0 Å². The lowest BCUT2D eigenvalue weighted by molar-refractivity contribution is -0.141. The van der Waals surface area contributed by atoms with Gasteiger partial charge in [0.05, 0.1) is 36.6 Å². The zero-order valence-electron chi connectivity index (χ0n) is 23.5. The summed E-state index contributed by atoms with van der Waals surface area (Å²) in [5, 5.41) is 8.78. The van der Waals surface area contributed by atoms with Crippen LogP contribution in [0.4, 0.5) is 26.7 Å². The molecule has 3 aliphatic rings. The Morgan fingerprint density at radius 1 is 1.12 bits per heavy atom. The molecule has 13 heteroatoms. The Morgan fingerprint density at radius 3 is 2.81 bits per heavy atom. The molecule has 3 aromatic rings. The summed E-state index contributed by atoms with van der Waals surface area (Å²) in [5.74, 6) is -0.387. The number of halogens is 1. The number of benzene rings is 2. The number of nitrogens with one attached hydrogen (secondary N) is 4. The summed E-state index contributed by atoms with van der Waals surface area (Å²) in [6, 6.07) is 10.3. The first-order chi connectivity index (χ1) is 20.7. The van der Waals surface area contributed by atoms with Crippen molar-refractivity contribution in [3.63, 3.8) is 0 Å². The lowest BCUT2D eigenvalue weighted by Gasteiger charge is -2.45. The average molecular weight is 607 g/mol. The van der Waals surface area contributed by atoms with E-state index in [0.29, 0.717) is 77.8 Å². The fourth-order valence-electron chi connectivity index (χ4n) is 6.10. The number of carbonyl (C=O) groups is 4. The second-order valence-corrected chi connectivity index (χ2v) is 11.4. The van der Waals surface area contributed by atoms with Crippen LogP contribution in [-0.2, 0) is 24.7 Å². The standard InChI is InChI=1S/C30H31ClN6O6/c1-42-28(40)33-18-8-9-19-23(14-18)34-25(38)6-3-2-5-20(26-32-15-24(19)35-26)27(39)37-12-4-11-30(16-37)21-13-17(31)7-10-22(21)36-29(41)43-30/h7-10,13-15,20H,2-6,11-12,16H2,1H3,(H,32,35)(H,33,40)(H,34,38)(H,36,41)/t20-,30+/m1/s1. The third-order valence-electron chi connectivity index (χ3n) is 8.14. The smallest absolute Gasteiger partial charge is 0.412 e. The third-order valence-corrected chi connectivity index (χ3v) is 8.37. The Morgan fingerprint density at radius 2 is 1.98 bits per heavy atom. The number of methoxy groups -OCH3 is 1. The number of H-pyrrole nitrogens is 1. The van der Waals surface area contributed by atoms with E-state index in [2.05, 4.69) is 25.7 Å². The number of imidazole rings is 1. The molecule has 1 fully saturated rings. The van der Waals surface area contributed by atoms with Gasteiger partial charge in [0.2, 0.25) is 11.8 Å². The molecule has 4 heterocycles. The summed E-state index contributed by atoms with van der Waals surface area (Å²) in [6.07, 6.45) is 3.65. The number of likely N-dealkylation sites (tertiary alicyclic amines) is 1. The maximum atomic E-state index is 14.2. The van der Waals surface area contributed by atoms with E-state index >= 15 is 0 Å². The fourth-order valence-corrected chi connectivity index (χ4v) is 6.27. The molecule has 4 N–H and O–H groups in total. The molecular formula is C30H31ClN6O6. The third kappa shape index (κ3) is 5.74. The van der Waals surface area contributed by atoms with Gasteiger partial charge in [0.1, 0.15) is 5.82 Å². The predicted octanol–water partition coefficient (Wildman–Crippen LogP) is 5.58. The quantitative estimate of drug-likeness (QED) is 0.297. The number of amides is 4. The van der Waals surface area contributed by atoms with Crippen molar-refractivity contribution in [1.82, 2.24) is 14.9 Å². The van der Waals surface area contributed by atoms with E-state index in [-0.39, 0.29) is 24.8 Å². The summed E-state index contributed by atoms with van der Waals surface area (Å²) in [7, 11) is 1.27. The topological polar surface area (TPSA) is 155 Å². The number of carbonyl (C=O) groups excluding carboxylic acids is 4. The molecule has 43 heavy (non-hydrogen) atoms. The summed E-state index contributed by atoms with van der Waals surface area (Å²) in [6.45, 7) is 0.699. The molecule has 1 aromatic heterocycles. The molecule has 12 nitrogen and oxygen atoms in total. The van der Waals surface area contributed by atoms with Crippen molar-refractivity contribution in [2.24, 2.45) is 0 Å². The van der Waals surface area contributed by atoms with Crippen LogP contribution in [0.5, 0.6) is 0 Å². The van der Waals surface area contributed by atoms with Crippen LogP contribution in [0.1, 0.15) is 55.8 Å². The van der Waals surface area contributed by atoms with Gasteiger partial charge >= 0.3 is 12.2 Å². The summed E-state index contributed by atoms with van der Waals surface area (Å²) < 4.78 is 10.6. The van der Waals surface area contributed by atoms with Crippen molar-refractivity contribution in [2.45, 2.75) is 50.0 Å². The second kappa shape index (κ2) is 11.6. The molecule has 0 saturated carbocycles. The van der Waals surface area contributed by atoms with Crippen LogP contribution in [0, 0.1) is 0 Å². The number of aromatic nitrogens is 2. The Kier molecular flexibility index (Phi) is 7.70. The van der Waals surface area contributed by atoms with Gasteiger partial charge in [-0.3, -0.25) is 20.2 Å². The van der Waals surface area contributed by atoms with E-state index in [9.17, 15) is 19.2 Å². The van der Waals surface area contributed by atoms with E-state index in [0.717, 1.165) is 5.56 Å². The molecule has 224 valence electrons. The van der Waals surface area contributed by atoms with Crippen molar-refractivity contribution in [2.75, 3.05) is 36.1 Å². The summed E-state index contributed by atoms with van der Waals surface area (Å²) in [5.41, 5.74) is 2.46. The van der Waals surface area contributed by atoms with Crippen LogP contribution in [0.15, 0.2) is 42.6 Å². The van der Waals surface area contributed by atoms with E-state index < -0.39 is 23.7 Å². The number of fused-ring (bicyclic) bond motifs is 6. The van der Waals surface area contributed by atoms with E-state index in [1.807, 2.05) is 0 Å². The maximum Gasteiger partial charge on any atom is 0.412 e. The molecule has 2 atom stereocenters. The van der Waals surface area contributed by atoms with Crippen molar-refractivity contribution in [3.05, 3.63) is 59.0 Å². The normalized spacial score (nSPS) is 21.6. The highest BCUT2D eigenvalue weighted by atomic mass is 35.5. The first kappa shape index (κ1) is 28.5. The minimum absolute atomic E-state index is 0.127. The molecule has 0 radical (unpaired) electrons. The molecule has 1 spiro atoms. The van der Waals surface area contributed by atoms with Crippen LogP contribution >= 0.6 is 11.6 Å². The SMILES string of the molecule is COC(=O)Nc1ccc2c(c1)NC(=O)CCCC[C@@H](C(=O)N1CCC[C@@]3(C1)OC(=O)Nc1ccc(Cl)cc13)c1nc-2c[nH]1. The van der Waals surface area contributed by atoms with Gasteiger partial charge in [-0.15, -0.1) is 0 Å². The van der Waals surface area contributed by atoms with Gasteiger partial charge in [-0.05, 0) is 62.1 Å². The molecule has 0 unspecified atom stereocenters. The summed E-state index contributed by atoms with van der Waals surface area (Å²) >= 11 is 6.32. The van der Waals surface area contributed by atoms with Gasteiger partial charge in [0.25, 0.3) is 0 Å². The molecule has 3 aliphatic heterocycles. The van der Waals surface area contributed by atoms with Gasteiger partial charge in [-0.1, -0.05) is 18.0 Å². The molecular weight excluding hydrogens is 576 g/mol. The number of aromatic amines is 1. The predicted molar refractivity (Wildman–Crippen MR) is 159 cm³/mol. The van der Waals surface area contributed by atoms with Crippen LogP contribution < -0.4 is 16.0 Å². The number of piperidine rings is 1. The first-order valence-corrected chi connectivity index (χ1v) is 14.6. The number of rotatable bonds is 2. The number of anilines is 3. The van der Waals surface area contributed by atoms with E-state index in [1.54, 1.807) is 47.5 Å². The Labute approximate surface area is 252 Å². The highest BCUT2D eigenvalue weighted by Gasteiger charge is 2.47. The van der Waals surface area contributed by atoms with E-state index in [4.69, 9.17) is 21.3 Å². The van der Waals surface area contributed by atoms with Crippen LogP contribution in [-0.4, -0.2) is 59.1 Å². The van der Waals surface area contributed by atoms with Gasteiger partial charge in [-0.25, -0.2) is 14.6 Å². The Bertz CT molecular complexity index is 1610. The zero-order chi connectivity index (χ0) is 30.1.